The van der Waals surface area contributed by atoms with E-state index in [-0.39, 0.29) is 11.7 Å². The number of halogens is 1. The maximum absolute atomic E-state index is 13.0. The molecule has 2 aromatic rings. The first kappa shape index (κ1) is 11.2. The highest BCUT2D eigenvalue weighted by Crippen LogP contribution is 2.15. The summed E-state index contributed by atoms with van der Waals surface area (Å²) >= 11 is 0. The van der Waals surface area contributed by atoms with Crippen LogP contribution in [0.15, 0.2) is 30.5 Å². The van der Waals surface area contributed by atoms with Gasteiger partial charge in [0.2, 0.25) is 0 Å². The second kappa shape index (κ2) is 4.29. The fourth-order valence-electron chi connectivity index (χ4n) is 1.46. The molecule has 4 nitrogen and oxygen atoms in total. The van der Waals surface area contributed by atoms with E-state index in [4.69, 9.17) is 5.73 Å². The van der Waals surface area contributed by atoms with E-state index in [0.717, 1.165) is 0 Å². The number of aromatic amines is 1. The van der Waals surface area contributed by atoms with Crippen molar-refractivity contribution in [3.63, 3.8) is 0 Å². The molecule has 1 aromatic carbocycles. The van der Waals surface area contributed by atoms with Crippen LogP contribution >= 0.6 is 0 Å². The highest BCUT2D eigenvalue weighted by molar-refractivity contribution is 6.03. The molecule has 1 amide bonds. The van der Waals surface area contributed by atoms with Crippen LogP contribution in [0.5, 0.6) is 0 Å². The minimum absolute atomic E-state index is 0.299. The van der Waals surface area contributed by atoms with Gasteiger partial charge in [0.05, 0.1) is 0 Å². The molecule has 0 aliphatic rings. The van der Waals surface area contributed by atoms with Gasteiger partial charge in [-0.05, 0) is 36.8 Å². The van der Waals surface area contributed by atoms with Crippen LogP contribution < -0.4 is 11.1 Å². The van der Waals surface area contributed by atoms with Gasteiger partial charge >= 0.3 is 0 Å². The van der Waals surface area contributed by atoms with Gasteiger partial charge in [-0.3, -0.25) is 4.79 Å². The first-order valence-electron chi connectivity index (χ1n) is 5.07. The second-order valence-corrected chi connectivity index (χ2v) is 3.76. The van der Waals surface area contributed by atoms with Crippen LogP contribution in [0.3, 0.4) is 0 Å². The summed E-state index contributed by atoms with van der Waals surface area (Å²) in [5.41, 5.74) is 7.37. The molecule has 0 atom stereocenters. The van der Waals surface area contributed by atoms with Gasteiger partial charge in [0.15, 0.2) is 0 Å². The average Bonchev–Trinajstić information content (AvgIpc) is 2.70. The van der Waals surface area contributed by atoms with Crippen LogP contribution in [0, 0.1) is 12.7 Å². The molecule has 0 spiro atoms. The Morgan fingerprint density at radius 2 is 2.18 bits per heavy atom. The van der Waals surface area contributed by atoms with Gasteiger partial charge in [-0.2, -0.15) is 0 Å². The highest BCUT2D eigenvalue weighted by Gasteiger charge is 2.08. The Hall–Kier alpha value is -2.30. The first-order valence-corrected chi connectivity index (χ1v) is 5.07. The van der Waals surface area contributed by atoms with Crippen molar-refractivity contribution in [1.29, 1.82) is 0 Å². The number of anilines is 2. The number of carbonyl (C=O) groups excluding carboxylic acids is 1. The number of aromatic nitrogens is 1. The van der Waals surface area contributed by atoms with E-state index in [9.17, 15) is 9.18 Å². The zero-order chi connectivity index (χ0) is 12.4. The number of hydrogen-bond acceptors (Lipinski definition) is 2. The maximum Gasteiger partial charge on any atom is 0.272 e. The summed E-state index contributed by atoms with van der Waals surface area (Å²) < 4.78 is 13.0. The van der Waals surface area contributed by atoms with E-state index < -0.39 is 0 Å². The minimum atomic E-state index is -0.312. The fraction of sp³-hybridized carbons (Fsp3) is 0.0833. The molecule has 17 heavy (non-hydrogen) atoms. The number of amides is 1. The summed E-state index contributed by atoms with van der Waals surface area (Å²) in [4.78, 5) is 14.5. The Balaban J connectivity index is 2.15. The summed E-state index contributed by atoms with van der Waals surface area (Å²) in [5.74, 6) is -0.611. The molecule has 0 aliphatic carbocycles. The molecule has 2 rings (SSSR count). The Bertz CT molecular complexity index is 563. The van der Waals surface area contributed by atoms with E-state index >= 15 is 0 Å². The van der Waals surface area contributed by atoms with E-state index in [1.54, 1.807) is 13.0 Å². The highest BCUT2D eigenvalue weighted by atomic mass is 19.1. The molecule has 0 unspecified atom stereocenters. The van der Waals surface area contributed by atoms with Gasteiger partial charge < -0.3 is 16.0 Å². The molecule has 0 aliphatic heterocycles. The summed E-state index contributed by atoms with van der Waals surface area (Å²) in [7, 11) is 0. The monoisotopic (exact) mass is 233 g/mol. The quantitative estimate of drug-likeness (QED) is 0.744. The largest absolute Gasteiger partial charge is 0.397 e. The third-order valence-electron chi connectivity index (χ3n) is 2.37. The molecule has 0 bridgehead atoms. The molecule has 1 heterocycles. The lowest BCUT2D eigenvalue weighted by atomic mass is 10.2. The van der Waals surface area contributed by atoms with Crippen LogP contribution in [0.4, 0.5) is 15.8 Å². The number of rotatable bonds is 2. The van der Waals surface area contributed by atoms with Gasteiger partial charge in [-0.15, -0.1) is 0 Å². The molecule has 1 aromatic heterocycles. The fourth-order valence-corrected chi connectivity index (χ4v) is 1.46. The molecule has 0 radical (unpaired) electrons. The number of aryl methyl sites for hydroxylation is 1. The molecular weight excluding hydrogens is 221 g/mol. The van der Waals surface area contributed by atoms with E-state index in [2.05, 4.69) is 10.3 Å². The number of nitrogens with two attached hydrogens (primary N) is 1. The lowest BCUT2D eigenvalue weighted by Crippen LogP contribution is -2.12. The van der Waals surface area contributed by atoms with Crippen molar-refractivity contribution in [3.8, 4) is 0 Å². The van der Waals surface area contributed by atoms with Crippen molar-refractivity contribution in [2.75, 3.05) is 11.1 Å². The number of benzene rings is 1. The van der Waals surface area contributed by atoms with Crippen molar-refractivity contribution in [1.82, 2.24) is 4.98 Å². The topological polar surface area (TPSA) is 70.9 Å². The summed E-state index contributed by atoms with van der Waals surface area (Å²) in [5, 5.41) is 2.65. The van der Waals surface area contributed by atoms with Crippen LogP contribution in [-0.4, -0.2) is 10.9 Å². The zero-order valence-corrected chi connectivity index (χ0v) is 9.25. The minimum Gasteiger partial charge on any atom is -0.397 e. The van der Waals surface area contributed by atoms with Gasteiger partial charge in [0.25, 0.3) is 5.91 Å². The summed E-state index contributed by atoms with van der Waals surface area (Å²) in [6.45, 7) is 1.64. The predicted octanol–water partition coefficient (Wildman–Crippen LogP) is 2.30. The SMILES string of the molecule is Cc1cc(NC(=O)c2cc(N)c[nH]2)ccc1F. The standard InChI is InChI=1S/C12H12FN3O/c1-7-4-9(2-3-10(7)13)16-12(17)11-5-8(14)6-15-11/h2-6,15H,14H2,1H3,(H,16,17). The van der Waals surface area contributed by atoms with E-state index in [1.807, 2.05) is 0 Å². The molecule has 4 N–H and O–H groups in total. The number of carbonyl (C=O) groups is 1. The lowest BCUT2D eigenvalue weighted by molar-refractivity contribution is 0.102. The molecule has 5 heteroatoms. The summed E-state index contributed by atoms with van der Waals surface area (Å²) in [6, 6.07) is 5.92. The number of nitrogens with one attached hydrogen (secondary N) is 2. The van der Waals surface area contributed by atoms with Crippen molar-refractivity contribution in [2.24, 2.45) is 0 Å². The second-order valence-electron chi connectivity index (χ2n) is 3.76. The van der Waals surface area contributed by atoms with Gasteiger partial charge in [-0.25, -0.2) is 4.39 Å². The Kier molecular flexibility index (Phi) is 2.82. The number of H-pyrrole nitrogens is 1. The average molecular weight is 233 g/mol. The Morgan fingerprint density at radius 1 is 1.41 bits per heavy atom. The van der Waals surface area contributed by atoms with Crippen molar-refractivity contribution in [2.45, 2.75) is 6.92 Å². The smallest absolute Gasteiger partial charge is 0.272 e. The normalized spacial score (nSPS) is 10.2. The van der Waals surface area contributed by atoms with Crippen LogP contribution in [0.2, 0.25) is 0 Å². The molecule has 0 saturated heterocycles. The van der Waals surface area contributed by atoms with Crippen molar-refractivity contribution < 1.29 is 9.18 Å². The Labute approximate surface area is 97.6 Å². The van der Waals surface area contributed by atoms with E-state index in [0.29, 0.717) is 22.6 Å². The van der Waals surface area contributed by atoms with Gasteiger partial charge in [-0.1, -0.05) is 0 Å². The van der Waals surface area contributed by atoms with Crippen LogP contribution in [0.25, 0.3) is 0 Å². The molecule has 88 valence electrons. The van der Waals surface area contributed by atoms with Crippen LogP contribution in [-0.2, 0) is 0 Å². The molecular formula is C12H12FN3O. The van der Waals surface area contributed by atoms with Crippen LogP contribution in [0.1, 0.15) is 16.1 Å². The van der Waals surface area contributed by atoms with Crippen molar-refractivity contribution >= 4 is 17.3 Å². The van der Waals surface area contributed by atoms with Gasteiger partial charge in [0, 0.05) is 17.6 Å². The van der Waals surface area contributed by atoms with Gasteiger partial charge in [0.1, 0.15) is 11.5 Å². The molecule has 0 fully saturated rings. The lowest BCUT2D eigenvalue weighted by Gasteiger charge is -2.05. The number of nitrogen functional groups attached to an aromatic ring is 1. The maximum atomic E-state index is 13.0. The first-order chi connectivity index (χ1) is 8.06. The third kappa shape index (κ3) is 2.44. The van der Waals surface area contributed by atoms with E-state index in [1.165, 1.54) is 24.4 Å². The molecule has 0 saturated carbocycles. The number of hydrogen-bond donors (Lipinski definition) is 3. The zero-order valence-electron chi connectivity index (χ0n) is 9.25. The Morgan fingerprint density at radius 3 is 2.76 bits per heavy atom. The van der Waals surface area contributed by atoms with Crippen molar-refractivity contribution in [3.05, 3.63) is 47.5 Å². The third-order valence-corrected chi connectivity index (χ3v) is 2.37. The predicted molar refractivity (Wildman–Crippen MR) is 64.3 cm³/mol. The summed E-state index contributed by atoms with van der Waals surface area (Å²) in [6.07, 6.45) is 1.53.